The van der Waals surface area contributed by atoms with Gasteiger partial charge in [0.05, 0.1) is 24.5 Å². The van der Waals surface area contributed by atoms with Crippen LogP contribution >= 0.6 is 0 Å². The Labute approximate surface area is 189 Å². The molecular weight excluding hydrogens is 402 g/mol. The number of hydrogen-bond acceptors (Lipinski definition) is 4. The fraction of sp³-hybridized carbons (Fsp3) is 0.320. The summed E-state index contributed by atoms with van der Waals surface area (Å²) >= 11 is 0. The number of carbonyl (C=O) groups excluding carboxylic acids is 1. The third-order valence-electron chi connectivity index (χ3n) is 5.21. The number of carbonyl (C=O) groups is 1. The number of amides is 1. The van der Waals surface area contributed by atoms with Crippen LogP contribution in [0.2, 0.25) is 0 Å². The first kappa shape index (κ1) is 23.1. The second-order valence-corrected chi connectivity index (χ2v) is 7.82. The highest BCUT2D eigenvalue weighted by Gasteiger charge is 2.14. The van der Waals surface area contributed by atoms with Gasteiger partial charge >= 0.3 is 0 Å². The second kappa shape index (κ2) is 10.1. The summed E-state index contributed by atoms with van der Waals surface area (Å²) in [5, 5.41) is 10.6. The monoisotopic (exact) mass is 433 g/mol. The number of nitrogens with one attached hydrogen (secondary N) is 2. The molecule has 0 unspecified atom stereocenters. The van der Waals surface area contributed by atoms with Crippen LogP contribution in [0, 0.1) is 27.7 Å². The fourth-order valence-corrected chi connectivity index (χ4v) is 3.58. The molecule has 3 aromatic rings. The van der Waals surface area contributed by atoms with Gasteiger partial charge in [-0.1, -0.05) is 29.3 Å². The van der Waals surface area contributed by atoms with E-state index in [0.717, 1.165) is 33.8 Å². The van der Waals surface area contributed by atoms with E-state index in [9.17, 15) is 4.79 Å². The lowest BCUT2D eigenvalue weighted by molar-refractivity contribution is 0.0976. The van der Waals surface area contributed by atoms with Crippen molar-refractivity contribution in [2.45, 2.75) is 41.2 Å². The summed E-state index contributed by atoms with van der Waals surface area (Å²) in [7, 11) is 1.91. The van der Waals surface area contributed by atoms with Crippen molar-refractivity contribution < 1.29 is 9.53 Å². The molecule has 1 aromatic heterocycles. The van der Waals surface area contributed by atoms with Crippen molar-refractivity contribution in [3.8, 4) is 5.75 Å². The van der Waals surface area contributed by atoms with Crippen molar-refractivity contribution in [1.29, 1.82) is 0 Å². The van der Waals surface area contributed by atoms with Gasteiger partial charge in [0.25, 0.3) is 5.91 Å². The minimum absolute atomic E-state index is 0.225. The third-order valence-corrected chi connectivity index (χ3v) is 5.21. The molecular formula is C25H31N5O2. The Morgan fingerprint density at radius 2 is 1.78 bits per heavy atom. The van der Waals surface area contributed by atoms with Crippen molar-refractivity contribution in [3.05, 3.63) is 76.1 Å². The molecule has 32 heavy (non-hydrogen) atoms. The predicted octanol–water partition coefficient (Wildman–Crippen LogP) is 4.45. The van der Waals surface area contributed by atoms with E-state index in [2.05, 4.69) is 15.7 Å². The maximum Gasteiger partial charge on any atom is 0.257 e. The molecule has 7 nitrogen and oxygen atoms in total. The number of aryl methyl sites for hydroxylation is 4. The van der Waals surface area contributed by atoms with Crippen LogP contribution in [0.25, 0.3) is 0 Å². The Hall–Kier alpha value is -3.61. The van der Waals surface area contributed by atoms with E-state index >= 15 is 0 Å². The van der Waals surface area contributed by atoms with Crippen LogP contribution in [0.3, 0.4) is 0 Å². The summed E-state index contributed by atoms with van der Waals surface area (Å²) in [6.45, 7) is 10.8. The molecule has 0 fully saturated rings. The molecule has 0 spiro atoms. The molecule has 0 bridgehead atoms. The lowest BCUT2D eigenvalue weighted by atomic mass is 10.1. The summed E-state index contributed by atoms with van der Waals surface area (Å²) < 4.78 is 7.56. The molecule has 0 saturated carbocycles. The number of para-hydroxylation sites is 2. The van der Waals surface area contributed by atoms with Crippen LogP contribution in [0.15, 0.2) is 47.5 Å². The van der Waals surface area contributed by atoms with E-state index in [-0.39, 0.29) is 5.91 Å². The lowest BCUT2D eigenvalue weighted by Crippen LogP contribution is -2.36. The van der Waals surface area contributed by atoms with Gasteiger partial charge in [0.15, 0.2) is 0 Å². The van der Waals surface area contributed by atoms with E-state index in [1.807, 2.05) is 88.8 Å². The molecule has 3 rings (SSSR count). The normalized spacial score (nSPS) is 11.4. The first-order valence-electron chi connectivity index (χ1n) is 10.7. The molecule has 2 aromatic carbocycles. The summed E-state index contributed by atoms with van der Waals surface area (Å²) in [5.41, 5.74) is 6.38. The SMILES string of the molecule is CCOc1ccccc1NC(=NCc1c(C)nn(C)c1C)NC(=O)c1cc(C)cc(C)c1. The zero-order valence-corrected chi connectivity index (χ0v) is 19.6. The minimum atomic E-state index is -0.225. The number of benzene rings is 2. The zero-order valence-electron chi connectivity index (χ0n) is 19.6. The average Bonchev–Trinajstić information content (AvgIpc) is 2.98. The molecule has 0 aliphatic carbocycles. The van der Waals surface area contributed by atoms with Gasteiger partial charge in [-0.2, -0.15) is 5.10 Å². The van der Waals surface area contributed by atoms with Crippen LogP contribution in [-0.2, 0) is 13.6 Å². The highest BCUT2D eigenvalue weighted by atomic mass is 16.5. The number of rotatable bonds is 6. The second-order valence-electron chi connectivity index (χ2n) is 7.82. The van der Waals surface area contributed by atoms with Crippen molar-refractivity contribution in [1.82, 2.24) is 15.1 Å². The molecule has 0 aliphatic rings. The number of anilines is 1. The predicted molar refractivity (Wildman–Crippen MR) is 128 cm³/mol. The fourth-order valence-electron chi connectivity index (χ4n) is 3.58. The van der Waals surface area contributed by atoms with Crippen molar-refractivity contribution >= 4 is 17.6 Å². The van der Waals surface area contributed by atoms with Crippen LogP contribution in [0.1, 0.15) is 45.4 Å². The lowest BCUT2D eigenvalue weighted by Gasteiger charge is -2.15. The van der Waals surface area contributed by atoms with Gasteiger partial charge in [0.1, 0.15) is 5.75 Å². The first-order chi connectivity index (χ1) is 15.3. The molecule has 1 heterocycles. The number of ether oxygens (including phenoxy) is 1. The van der Waals surface area contributed by atoms with Crippen molar-refractivity contribution in [2.75, 3.05) is 11.9 Å². The minimum Gasteiger partial charge on any atom is -0.492 e. The van der Waals surface area contributed by atoms with Crippen LogP contribution in [0.5, 0.6) is 5.75 Å². The Morgan fingerprint density at radius 3 is 2.41 bits per heavy atom. The largest absolute Gasteiger partial charge is 0.492 e. The topological polar surface area (TPSA) is 80.5 Å². The molecule has 0 aliphatic heterocycles. The smallest absolute Gasteiger partial charge is 0.257 e. The highest BCUT2D eigenvalue weighted by Crippen LogP contribution is 2.24. The van der Waals surface area contributed by atoms with E-state index in [1.165, 1.54) is 0 Å². The first-order valence-corrected chi connectivity index (χ1v) is 10.7. The molecule has 1 amide bonds. The maximum atomic E-state index is 13.0. The molecule has 0 radical (unpaired) electrons. The summed E-state index contributed by atoms with van der Waals surface area (Å²) in [5.74, 6) is 0.817. The molecule has 7 heteroatoms. The Morgan fingerprint density at radius 1 is 1.09 bits per heavy atom. The summed E-state index contributed by atoms with van der Waals surface area (Å²) in [6, 6.07) is 13.4. The van der Waals surface area contributed by atoms with Gasteiger partial charge < -0.3 is 10.1 Å². The van der Waals surface area contributed by atoms with E-state index in [0.29, 0.717) is 30.4 Å². The average molecular weight is 434 g/mol. The number of guanidine groups is 1. The van der Waals surface area contributed by atoms with Crippen LogP contribution in [0.4, 0.5) is 5.69 Å². The maximum absolute atomic E-state index is 13.0. The standard InChI is InChI=1S/C25H31N5O2/c1-7-32-23-11-9-8-10-22(23)27-25(26-15-21-18(4)29-30(6)19(21)5)28-24(31)20-13-16(2)12-17(3)14-20/h8-14H,7,15H2,1-6H3,(H2,26,27,28,31). The highest BCUT2D eigenvalue weighted by molar-refractivity contribution is 6.10. The summed E-state index contributed by atoms with van der Waals surface area (Å²) in [6.07, 6.45) is 0. The Bertz CT molecular complexity index is 1130. The van der Waals surface area contributed by atoms with Crippen LogP contribution < -0.4 is 15.4 Å². The van der Waals surface area contributed by atoms with Crippen molar-refractivity contribution in [3.63, 3.8) is 0 Å². The van der Waals surface area contributed by atoms with Crippen LogP contribution in [-0.4, -0.2) is 28.3 Å². The molecule has 168 valence electrons. The van der Waals surface area contributed by atoms with Gasteiger partial charge in [0, 0.05) is 23.9 Å². The number of aromatic nitrogens is 2. The zero-order chi connectivity index (χ0) is 23.3. The van der Waals surface area contributed by atoms with E-state index in [1.54, 1.807) is 0 Å². The number of nitrogens with zero attached hydrogens (tertiary/aromatic N) is 3. The van der Waals surface area contributed by atoms with Gasteiger partial charge in [-0.05, 0) is 58.9 Å². The van der Waals surface area contributed by atoms with Gasteiger partial charge in [-0.3, -0.25) is 14.8 Å². The molecule has 2 N–H and O–H groups in total. The number of hydrogen-bond donors (Lipinski definition) is 2. The van der Waals surface area contributed by atoms with E-state index in [4.69, 9.17) is 9.73 Å². The van der Waals surface area contributed by atoms with Gasteiger partial charge in [-0.25, -0.2) is 4.99 Å². The van der Waals surface area contributed by atoms with Gasteiger partial charge in [0.2, 0.25) is 5.96 Å². The Balaban J connectivity index is 1.92. The molecule has 0 saturated heterocycles. The molecule has 0 atom stereocenters. The summed E-state index contributed by atoms with van der Waals surface area (Å²) in [4.78, 5) is 17.7. The van der Waals surface area contributed by atoms with Crippen molar-refractivity contribution in [2.24, 2.45) is 12.0 Å². The van der Waals surface area contributed by atoms with E-state index < -0.39 is 0 Å². The Kier molecular flexibility index (Phi) is 7.30. The quantitative estimate of drug-likeness (QED) is 0.445. The number of aliphatic imine (C=N–C) groups is 1. The van der Waals surface area contributed by atoms with Gasteiger partial charge in [-0.15, -0.1) is 0 Å². The third kappa shape index (κ3) is 5.55.